The molecule has 0 aliphatic rings. The number of anilines is 8. The van der Waals surface area contributed by atoms with Crippen molar-refractivity contribution in [3.8, 4) is 45.0 Å². The third-order valence-electron chi connectivity index (χ3n) is 25.1. The molecule has 0 saturated heterocycles. The van der Waals surface area contributed by atoms with E-state index in [0.717, 1.165) is 182 Å². The molecule has 0 bridgehead atoms. The summed E-state index contributed by atoms with van der Waals surface area (Å²) >= 11 is 1.62. The molecule has 12 aromatic carbocycles. The fourth-order valence-electron chi connectivity index (χ4n) is 17.9. The second kappa shape index (κ2) is 45.3. The van der Waals surface area contributed by atoms with Crippen LogP contribution in [0.1, 0.15) is 76.8 Å². The third kappa shape index (κ3) is 24.5. The highest BCUT2D eigenvalue weighted by atomic mass is 127. The number of hydrogen-bond donors (Lipinski definition) is 10. The highest BCUT2D eigenvalue weighted by Gasteiger charge is 2.31. The van der Waals surface area contributed by atoms with Gasteiger partial charge in [-0.1, -0.05) is 109 Å². The molecule has 0 amide bonds. The molecule has 1 atom stereocenters. The van der Waals surface area contributed by atoms with Crippen molar-refractivity contribution in [2.45, 2.75) is 112 Å². The predicted molar refractivity (Wildman–Crippen MR) is 540 cm³/mol. The number of thioether (sulfide) groups is 1. The Bertz CT molecular complexity index is 6620. The van der Waals surface area contributed by atoms with Gasteiger partial charge in [0, 0.05) is 120 Å². The number of hydrogen-bond acceptors (Lipinski definition) is 10. The Morgan fingerprint density at radius 1 is 0.346 bits per heavy atom. The number of aryl methyl sites for hydroxylation is 6. The van der Waals surface area contributed by atoms with Crippen LogP contribution in [0.25, 0.3) is 132 Å². The van der Waals surface area contributed by atoms with Gasteiger partial charge in [0.2, 0.25) is 44.8 Å². The molecule has 4 heterocycles. The monoisotopic (exact) mass is 2010 g/mol. The fourth-order valence-corrected chi connectivity index (χ4v) is 18.8. The molecule has 0 aliphatic heterocycles. The van der Waals surface area contributed by atoms with Gasteiger partial charge in [0.1, 0.15) is 0 Å². The lowest BCUT2D eigenvalue weighted by Crippen LogP contribution is -3.00. The standard InChI is InChI=1S/C29H37N4.C28H35N4.C26H31N4.C25H26N4O2S.ClH.2HI/c1-4-5-9-18-33(2,3)19-10-17-32-28-21-24(31)14-16-26(28)25-15-13-23(30)20-27(25)29(32)22-11-7-6-8-12-22;1-5-32(4,6-2)17-7-16-31-27-19-23(30)13-15-25(27)24-14-12-22(29)18-26(24)28(31)21-10-8-20(3)9-11-21;1-18-6-8-19(9-7-18)26-24-16-20(27)10-12-22(24)23-13-11-21(28)17-25(23)29(26)14-5-15-30(2,3)4;26-17-7-9-19-20-10-8-18(27)14-23(20)29(11-4-12-32-15-22(28)25(30)31)24(21(19)13-17)16-5-2-1-3-6-16;;;/h6-8,11-16,20-21,31H,4-5,9-10,17-19,30H2,1-3H3;8-15,18-19,30H,5-7,16-17,29H2,1-4H3;6-13,16-17,28H,5,14-15,27H2,1-4H3;1-3,5-10,13-14,22,27H,4,11-12,15,26,28H2,(H,30,31);3*1H/q3*+1;;;;/p+2. The first kappa shape index (κ1) is 101. The van der Waals surface area contributed by atoms with Gasteiger partial charge in [-0.3, -0.25) is 0 Å². The molecule has 1 unspecified atom stereocenters. The molecule has 680 valence electrons. The van der Waals surface area contributed by atoms with Crippen LogP contribution < -0.4 is 130 Å². The smallest absolute Gasteiger partial charge is 0.363 e. The van der Waals surface area contributed by atoms with E-state index < -0.39 is 12.0 Å². The number of nitrogens with zero attached hydrogens (tertiary/aromatic N) is 7. The number of unbranched alkanes of at least 4 members (excludes halogenated alkanes) is 2. The molecule has 16 rings (SSSR count). The minimum absolute atomic E-state index is 0. The Balaban J connectivity index is 0.000000179. The van der Waals surface area contributed by atoms with Crippen LogP contribution in [-0.4, -0.2) is 124 Å². The van der Waals surface area contributed by atoms with Crippen LogP contribution in [0.4, 0.5) is 45.5 Å². The lowest BCUT2D eigenvalue weighted by atomic mass is 9.97. The van der Waals surface area contributed by atoms with Crippen molar-refractivity contribution in [2.75, 3.05) is 139 Å². The Labute approximate surface area is 812 Å². The van der Waals surface area contributed by atoms with Crippen LogP contribution in [-0.2, 0) is 31.0 Å². The van der Waals surface area contributed by atoms with Crippen LogP contribution in [0.2, 0.25) is 0 Å². The highest BCUT2D eigenvalue weighted by molar-refractivity contribution is 7.99. The summed E-state index contributed by atoms with van der Waals surface area (Å²) in [4.78, 5) is 11.0. The van der Waals surface area contributed by atoms with Gasteiger partial charge in [0.05, 0.1) is 150 Å². The molecule has 18 nitrogen and oxygen atoms in total. The van der Waals surface area contributed by atoms with E-state index >= 15 is 0 Å². The van der Waals surface area contributed by atoms with Gasteiger partial charge in [-0.25, -0.2) is 4.79 Å². The average Bonchev–Trinajstić information content (AvgIpc) is 0.755. The zero-order valence-electron chi connectivity index (χ0n) is 77.6. The average molecular weight is 2010 g/mol. The van der Waals surface area contributed by atoms with Crippen molar-refractivity contribution in [1.29, 1.82) is 0 Å². The minimum atomic E-state index is -0.855. The van der Waals surface area contributed by atoms with Gasteiger partial charge in [-0.2, -0.15) is 30.0 Å². The summed E-state index contributed by atoms with van der Waals surface area (Å²) in [5.74, 6) is 0.499. The molecule has 20 N–H and O–H groups in total. The first-order valence-corrected chi connectivity index (χ1v) is 46.2. The topological polar surface area (TPSA) is 289 Å². The minimum Gasteiger partial charge on any atom is -1.00 e. The predicted octanol–water partition coefficient (Wildman–Crippen LogP) is 9.52. The summed E-state index contributed by atoms with van der Waals surface area (Å²) < 4.78 is 12.8. The van der Waals surface area contributed by atoms with E-state index in [2.05, 4.69) is 277 Å². The third-order valence-corrected chi connectivity index (χ3v) is 26.3. The number of nitrogen functional groups attached to an aromatic ring is 8. The van der Waals surface area contributed by atoms with E-state index in [9.17, 15) is 4.79 Å². The number of carbonyl (C=O) groups is 1. The lowest BCUT2D eigenvalue weighted by Gasteiger charge is -2.31. The zero-order valence-corrected chi connectivity index (χ0v) is 83.5. The molecule has 0 saturated carbocycles. The molecule has 0 radical (unpaired) electrons. The Morgan fingerprint density at radius 2 is 0.623 bits per heavy atom. The first-order chi connectivity index (χ1) is 60.9. The van der Waals surface area contributed by atoms with Gasteiger partial charge >= 0.3 is 5.97 Å². The second-order valence-corrected chi connectivity index (χ2v) is 37.5. The Morgan fingerprint density at radius 3 is 0.923 bits per heavy atom. The van der Waals surface area contributed by atoms with E-state index in [1.165, 1.54) is 136 Å². The quantitative estimate of drug-likeness (QED) is 0.00526. The highest BCUT2D eigenvalue weighted by Crippen LogP contribution is 2.40. The van der Waals surface area contributed by atoms with Gasteiger partial charge < -0.3 is 131 Å². The maximum Gasteiger partial charge on any atom is 0.363 e. The SMILES string of the molecule is CCCCC[N+](C)(C)CCC[n+]1c(-c2ccccc2)c2cc(N)ccc2c2ccc(N)cc21.CC[N+](C)(CC)CCC[n+]1c(-c2ccc(C)cc2)c2cc(N)ccc2c2ccc(N)cc21.Cc1ccc(-c2c3cc(N)ccc3c3ccc(N)cc3[n+]2CCC[N+](C)(C)C)cc1.Nc1ccc2c(c1)c(-c1ccccc1)[n+](CCCSCC([NH3+])C(=O)O)c1cc(N)ccc21.[Cl-].[I-].[I-]. The van der Waals surface area contributed by atoms with Crippen LogP contribution in [0.3, 0.4) is 0 Å². The zero-order chi connectivity index (χ0) is 90.4. The number of fused-ring (bicyclic) bond motifs is 12. The number of nitrogens with two attached hydrogens (primary N) is 8. The maximum atomic E-state index is 11.0. The van der Waals surface area contributed by atoms with Crippen molar-refractivity contribution >= 4 is 150 Å². The number of carboxylic acid groups (broad SMARTS) is 1. The maximum absolute atomic E-state index is 11.0. The molecule has 0 spiro atoms. The molecular formula is C108H134ClI2N16O2S+5. The van der Waals surface area contributed by atoms with Crippen molar-refractivity contribution in [2.24, 2.45) is 0 Å². The second-order valence-electron chi connectivity index (χ2n) is 36.4. The van der Waals surface area contributed by atoms with Crippen molar-refractivity contribution < 1.29 is 108 Å². The molecule has 16 aromatic rings. The molecule has 4 aromatic heterocycles. The molecule has 130 heavy (non-hydrogen) atoms. The fraction of sp³-hybridized carbons (Fsp3) is 0.287. The van der Waals surface area contributed by atoms with Gasteiger partial charge in [-0.05, 0) is 192 Å². The summed E-state index contributed by atoms with van der Waals surface area (Å²) in [6.07, 6.45) is 8.03. The lowest BCUT2D eigenvalue weighted by molar-refractivity contribution is -0.908. The number of rotatable bonds is 29. The molecular weight excluding hydrogens is 1870 g/mol. The van der Waals surface area contributed by atoms with E-state index in [1.54, 1.807) is 11.8 Å². The normalized spacial score (nSPS) is 11.8. The summed E-state index contributed by atoms with van der Waals surface area (Å²) in [6, 6.07) is 87.6. The van der Waals surface area contributed by atoms with Crippen molar-refractivity contribution in [3.05, 3.63) is 266 Å². The Kier molecular flexibility index (Phi) is 35.3. The van der Waals surface area contributed by atoms with Crippen molar-refractivity contribution in [3.63, 3.8) is 0 Å². The number of quaternary nitrogens is 4. The van der Waals surface area contributed by atoms with Crippen LogP contribution in [0, 0.1) is 13.8 Å². The van der Waals surface area contributed by atoms with E-state index in [-0.39, 0.29) is 60.4 Å². The molecule has 0 fully saturated rings. The Hall–Kier alpha value is -10.9. The largest absolute Gasteiger partial charge is 1.00 e. The first-order valence-electron chi connectivity index (χ1n) is 45.0. The summed E-state index contributed by atoms with van der Waals surface area (Å²) in [5, 5.41) is 23.2. The number of aromatic nitrogens is 4. The van der Waals surface area contributed by atoms with Gasteiger partial charge in [-0.15, -0.1) is 0 Å². The summed E-state index contributed by atoms with van der Waals surface area (Å²) in [5.41, 5.74) is 76.4. The van der Waals surface area contributed by atoms with Crippen LogP contribution in [0.15, 0.2) is 255 Å². The molecule has 0 aliphatic carbocycles. The van der Waals surface area contributed by atoms with Crippen molar-refractivity contribution in [1.82, 2.24) is 0 Å². The number of aliphatic carboxylic acids is 1. The number of benzene rings is 12. The van der Waals surface area contributed by atoms with Gasteiger partial charge in [0.15, 0.2) is 32.2 Å². The van der Waals surface area contributed by atoms with E-state index in [1.807, 2.05) is 78.9 Å². The van der Waals surface area contributed by atoms with E-state index in [4.69, 9.17) is 51.0 Å². The number of pyridine rings is 4. The van der Waals surface area contributed by atoms with Crippen LogP contribution >= 0.6 is 11.8 Å². The van der Waals surface area contributed by atoms with E-state index in [0.29, 0.717) is 5.75 Å². The molecule has 22 heteroatoms. The van der Waals surface area contributed by atoms with Gasteiger partial charge in [0.25, 0.3) is 0 Å². The van der Waals surface area contributed by atoms with Crippen LogP contribution in [0.5, 0.6) is 0 Å². The number of carboxylic acids is 1. The summed E-state index contributed by atoms with van der Waals surface area (Å²) in [7, 11) is 13.8. The summed E-state index contributed by atoms with van der Waals surface area (Å²) in [6.45, 7) is 21.5. The number of halogens is 3.